The number of aromatic nitrogens is 2. The molecule has 0 radical (unpaired) electrons. The van der Waals surface area contributed by atoms with Crippen molar-refractivity contribution in [3.05, 3.63) is 192 Å². The Hall–Kier alpha value is -5.73. The van der Waals surface area contributed by atoms with E-state index in [2.05, 4.69) is 162 Å². The van der Waals surface area contributed by atoms with Crippen molar-refractivity contribution in [3.63, 3.8) is 0 Å². The van der Waals surface area contributed by atoms with Gasteiger partial charge in [-0.15, -0.1) is 0 Å². The van der Waals surface area contributed by atoms with Crippen molar-refractivity contribution in [2.45, 2.75) is 5.41 Å². The molecule has 8 aromatic rings. The van der Waals surface area contributed by atoms with Crippen LogP contribution >= 0.6 is 0 Å². The highest BCUT2D eigenvalue weighted by Gasteiger charge is 2.46. The molecule has 0 amide bonds. The lowest BCUT2D eigenvalue weighted by Gasteiger charge is -2.33. The molecule has 0 atom stereocenters. The molecule has 0 saturated carbocycles. The predicted octanol–water partition coefficient (Wildman–Crippen LogP) is 10.2. The van der Waals surface area contributed by atoms with Crippen LogP contribution in [0, 0.1) is 0 Å². The molecule has 2 aromatic heterocycles. The molecule has 0 fully saturated rings. The highest BCUT2D eigenvalue weighted by Crippen LogP contribution is 2.57. The van der Waals surface area contributed by atoms with Crippen LogP contribution in [-0.4, -0.2) is 9.55 Å². The Balaban J connectivity index is 1.36. The van der Waals surface area contributed by atoms with Gasteiger partial charge in [0.15, 0.2) is 0 Å². The van der Waals surface area contributed by atoms with Gasteiger partial charge in [0, 0.05) is 17.3 Å². The van der Waals surface area contributed by atoms with Gasteiger partial charge in [0.05, 0.1) is 22.0 Å². The van der Waals surface area contributed by atoms with Crippen LogP contribution in [0.1, 0.15) is 22.3 Å². The van der Waals surface area contributed by atoms with E-state index in [0.717, 1.165) is 27.6 Å². The number of hydrogen-bond donors (Lipinski definition) is 0. The van der Waals surface area contributed by atoms with Crippen molar-refractivity contribution in [1.82, 2.24) is 9.55 Å². The number of rotatable bonds is 4. The average Bonchev–Trinajstić information content (AvgIpc) is 3.59. The quantitative estimate of drug-likeness (QED) is 0.209. The molecule has 0 unspecified atom stereocenters. The summed E-state index contributed by atoms with van der Waals surface area (Å²) in [4.78, 5) is 4.97. The summed E-state index contributed by atoms with van der Waals surface area (Å²) in [6.07, 6.45) is 1.91. The highest BCUT2D eigenvalue weighted by molar-refractivity contribution is 6.10. The molecule has 1 aliphatic carbocycles. The summed E-state index contributed by atoms with van der Waals surface area (Å²) in [5.74, 6) is 0. The Morgan fingerprint density at radius 3 is 1.77 bits per heavy atom. The third kappa shape index (κ3) is 3.46. The van der Waals surface area contributed by atoms with Crippen LogP contribution in [0.5, 0.6) is 0 Å². The summed E-state index contributed by atoms with van der Waals surface area (Å²) in [7, 11) is 0. The minimum Gasteiger partial charge on any atom is -0.308 e. The van der Waals surface area contributed by atoms with Gasteiger partial charge >= 0.3 is 0 Å². The number of fused-ring (bicyclic) bond motifs is 6. The third-order valence-corrected chi connectivity index (χ3v) is 9.33. The number of nitrogens with zero attached hydrogens (tertiary/aromatic N) is 2. The van der Waals surface area contributed by atoms with Crippen LogP contribution in [0.25, 0.3) is 49.9 Å². The lowest BCUT2D eigenvalue weighted by molar-refractivity contribution is 0.769. The topological polar surface area (TPSA) is 17.8 Å². The maximum absolute atomic E-state index is 4.97. The van der Waals surface area contributed by atoms with E-state index in [4.69, 9.17) is 4.98 Å². The van der Waals surface area contributed by atoms with E-state index >= 15 is 0 Å². The van der Waals surface area contributed by atoms with Crippen LogP contribution in [0.2, 0.25) is 0 Å². The first kappa shape index (κ1) is 24.8. The van der Waals surface area contributed by atoms with Gasteiger partial charge in [0.1, 0.15) is 0 Å². The van der Waals surface area contributed by atoms with E-state index in [1.807, 2.05) is 12.3 Å². The first-order valence-electron chi connectivity index (χ1n) is 15.1. The van der Waals surface area contributed by atoms with E-state index in [9.17, 15) is 0 Å². The van der Waals surface area contributed by atoms with Gasteiger partial charge in [-0.1, -0.05) is 127 Å². The Bertz CT molecular complexity index is 2260. The van der Waals surface area contributed by atoms with Gasteiger partial charge in [-0.2, -0.15) is 0 Å². The van der Waals surface area contributed by atoms with Crippen molar-refractivity contribution in [3.8, 4) is 27.9 Å². The fourth-order valence-corrected chi connectivity index (χ4v) is 7.48. The molecule has 44 heavy (non-hydrogen) atoms. The Labute approximate surface area is 256 Å². The standard InChI is InChI=1S/C42H28N2/c1-4-13-29(14-5-1)30-22-24-33(25-23-30)44-39-21-12-26-43-41(39)36-27-38-35(28-40(36)44)34-19-10-11-20-37(34)42(38,31-15-6-2-7-16-31)32-17-8-3-9-18-32/h1-28H. The zero-order chi connectivity index (χ0) is 29.1. The first-order chi connectivity index (χ1) is 21.8. The molecule has 2 heterocycles. The zero-order valence-electron chi connectivity index (χ0n) is 24.1. The smallest absolute Gasteiger partial charge is 0.0963 e. The summed E-state index contributed by atoms with van der Waals surface area (Å²) in [6.45, 7) is 0. The molecular formula is C42H28N2. The molecule has 0 spiro atoms. The second-order valence-corrected chi connectivity index (χ2v) is 11.6. The number of benzene rings is 6. The Morgan fingerprint density at radius 2 is 1.07 bits per heavy atom. The van der Waals surface area contributed by atoms with Crippen molar-refractivity contribution in [2.75, 3.05) is 0 Å². The molecular weight excluding hydrogens is 532 g/mol. The average molecular weight is 561 g/mol. The number of hydrogen-bond acceptors (Lipinski definition) is 1. The molecule has 1 aliphatic rings. The van der Waals surface area contributed by atoms with Gasteiger partial charge in [-0.25, -0.2) is 0 Å². The van der Waals surface area contributed by atoms with Crippen molar-refractivity contribution < 1.29 is 0 Å². The van der Waals surface area contributed by atoms with Crippen LogP contribution in [0.4, 0.5) is 0 Å². The molecule has 2 heteroatoms. The zero-order valence-corrected chi connectivity index (χ0v) is 24.1. The van der Waals surface area contributed by atoms with E-state index in [1.165, 1.54) is 44.5 Å². The van der Waals surface area contributed by atoms with Gasteiger partial charge in [-0.3, -0.25) is 4.98 Å². The summed E-state index contributed by atoms with van der Waals surface area (Å²) in [6, 6.07) is 59.4. The van der Waals surface area contributed by atoms with E-state index in [1.54, 1.807) is 0 Å². The fourth-order valence-electron chi connectivity index (χ4n) is 7.48. The maximum Gasteiger partial charge on any atom is 0.0963 e. The van der Waals surface area contributed by atoms with Gasteiger partial charge in [0.25, 0.3) is 0 Å². The van der Waals surface area contributed by atoms with E-state index < -0.39 is 5.41 Å². The Morgan fingerprint density at radius 1 is 0.455 bits per heavy atom. The Kier molecular flexibility index (Phi) is 5.45. The van der Waals surface area contributed by atoms with Gasteiger partial charge in [-0.05, 0) is 80.9 Å². The summed E-state index contributed by atoms with van der Waals surface area (Å²) < 4.78 is 2.38. The monoisotopic (exact) mass is 560 g/mol. The van der Waals surface area contributed by atoms with E-state index in [0.29, 0.717) is 0 Å². The minimum atomic E-state index is -0.441. The van der Waals surface area contributed by atoms with Crippen LogP contribution < -0.4 is 0 Å². The first-order valence-corrected chi connectivity index (χ1v) is 15.1. The predicted molar refractivity (Wildman–Crippen MR) is 181 cm³/mol. The largest absolute Gasteiger partial charge is 0.308 e. The maximum atomic E-state index is 4.97. The third-order valence-electron chi connectivity index (χ3n) is 9.33. The molecule has 0 N–H and O–H groups in total. The van der Waals surface area contributed by atoms with Crippen molar-refractivity contribution >= 4 is 21.9 Å². The molecule has 0 aliphatic heterocycles. The van der Waals surface area contributed by atoms with Gasteiger partial charge < -0.3 is 4.57 Å². The van der Waals surface area contributed by atoms with E-state index in [-0.39, 0.29) is 0 Å². The van der Waals surface area contributed by atoms with Crippen LogP contribution in [0.3, 0.4) is 0 Å². The molecule has 9 rings (SSSR count). The minimum absolute atomic E-state index is 0.441. The molecule has 0 saturated heterocycles. The lowest BCUT2D eigenvalue weighted by atomic mass is 9.67. The summed E-state index contributed by atoms with van der Waals surface area (Å²) in [5, 5.41) is 1.16. The molecule has 6 aromatic carbocycles. The second-order valence-electron chi connectivity index (χ2n) is 11.6. The SMILES string of the molecule is c1ccc(-c2ccc(-n3c4cc5c(cc4c4ncccc43)C(c3ccccc3)(c3ccccc3)c3ccccc3-5)cc2)cc1. The normalized spacial score (nSPS) is 13.2. The molecule has 0 bridgehead atoms. The lowest BCUT2D eigenvalue weighted by Crippen LogP contribution is -2.28. The van der Waals surface area contributed by atoms with Crippen LogP contribution in [-0.2, 0) is 5.41 Å². The summed E-state index contributed by atoms with van der Waals surface area (Å²) in [5.41, 5.74) is 14.1. The van der Waals surface area contributed by atoms with Crippen molar-refractivity contribution in [1.29, 1.82) is 0 Å². The molecule has 206 valence electrons. The van der Waals surface area contributed by atoms with Crippen molar-refractivity contribution in [2.24, 2.45) is 0 Å². The molecule has 2 nitrogen and oxygen atoms in total. The van der Waals surface area contributed by atoms with Crippen LogP contribution in [0.15, 0.2) is 170 Å². The second kappa shape index (κ2) is 9.65. The number of pyridine rings is 1. The summed E-state index contributed by atoms with van der Waals surface area (Å²) >= 11 is 0. The van der Waals surface area contributed by atoms with Gasteiger partial charge in [0.2, 0.25) is 0 Å². The highest BCUT2D eigenvalue weighted by atomic mass is 15.0. The fraction of sp³-hybridized carbons (Fsp3) is 0.0238.